The van der Waals surface area contributed by atoms with Gasteiger partial charge in [0, 0.05) is 29.5 Å². The standard InChI is InChI=1S/C17H18ClN5/c18-14-4-2-13(3-5-14)16-15(12-6-10-20-11-7-12)17(23-22-16)21-9-1-8-19/h2-7,10-11H,1,8-9,19H2,(H2,21,22,23). The van der Waals surface area contributed by atoms with Crippen molar-refractivity contribution in [1.82, 2.24) is 15.2 Å². The molecule has 0 saturated carbocycles. The van der Waals surface area contributed by atoms with Crippen LogP contribution in [0.15, 0.2) is 48.8 Å². The maximum atomic E-state index is 5.99. The van der Waals surface area contributed by atoms with Crippen molar-refractivity contribution in [3.05, 3.63) is 53.8 Å². The van der Waals surface area contributed by atoms with E-state index in [0.717, 1.165) is 41.2 Å². The number of hydrogen-bond donors (Lipinski definition) is 3. The van der Waals surface area contributed by atoms with E-state index in [-0.39, 0.29) is 0 Å². The lowest BCUT2D eigenvalue weighted by atomic mass is 10.0. The van der Waals surface area contributed by atoms with Crippen molar-refractivity contribution in [3.63, 3.8) is 0 Å². The lowest BCUT2D eigenvalue weighted by Gasteiger charge is -2.08. The average molecular weight is 328 g/mol. The third-order valence-corrected chi connectivity index (χ3v) is 3.79. The Bertz CT molecular complexity index is 752. The average Bonchev–Trinajstić information content (AvgIpc) is 3.00. The zero-order chi connectivity index (χ0) is 16.1. The van der Waals surface area contributed by atoms with Crippen LogP contribution in [0.4, 0.5) is 5.82 Å². The smallest absolute Gasteiger partial charge is 0.156 e. The minimum absolute atomic E-state index is 0.645. The molecule has 4 N–H and O–H groups in total. The Kier molecular flexibility index (Phi) is 4.90. The normalized spacial score (nSPS) is 10.7. The lowest BCUT2D eigenvalue weighted by Crippen LogP contribution is -2.09. The molecule has 118 valence electrons. The van der Waals surface area contributed by atoms with Gasteiger partial charge in [-0.3, -0.25) is 10.1 Å². The molecule has 2 heterocycles. The first-order valence-corrected chi connectivity index (χ1v) is 7.86. The molecule has 3 rings (SSSR count). The van der Waals surface area contributed by atoms with Crippen LogP contribution in [0.5, 0.6) is 0 Å². The molecule has 3 aromatic rings. The van der Waals surface area contributed by atoms with E-state index in [2.05, 4.69) is 20.5 Å². The Morgan fingerprint density at radius 3 is 2.48 bits per heavy atom. The molecule has 0 amide bonds. The van der Waals surface area contributed by atoms with Gasteiger partial charge in [0.2, 0.25) is 0 Å². The molecule has 6 heteroatoms. The third-order valence-electron chi connectivity index (χ3n) is 3.54. The van der Waals surface area contributed by atoms with Crippen LogP contribution in [0.2, 0.25) is 5.02 Å². The van der Waals surface area contributed by atoms with Crippen molar-refractivity contribution in [2.45, 2.75) is 6.42 Å². The van der Waals surface area contributed by atoms with E-state index in [1.807, 2.05) is 36.4 Å². The Hall–Kier alpha value is -2.37. The number of nitrogens with zero attached hydrogens (tertiary/aromatic N) is 2. The molecule has 0 bridgehead atoms. The summed E-state index contributed by atoms with van der Waals surface area (Å²) < 4.78 is 0. The predicted molar refractivity (Wildman–Crippen MR) is 94.4 cm³/mol. The minimum atomic E-state index is 0.645. The summed E-state index contributed by atoms with van der Waals surface area (Å²) >= 11 is 5.99. The van der Waals surface area contributed by atoms with Crippen LogP contribution in [0.25, 0.3) is 22.4 Å². The summed E-state index contributed by atoms with van der Waals surface area (Å²) in [5.41, 5.74) is 9.61. The molecule has 0 aliphatic rings. The van der Waals surface area contributed by atoms with Crippen molar-refractivity contribution >= 4 is 17.4 Å². The summed E-state index contributed by atoms with van der Waals surface area (Å²) in [6, 6.07) is 11.6. The maximum Gasteiger partial charge on any atom is 0.156 e. The Labute approximate surface area is 139 Å². The van der Waals surface area contributed by atoms with E-state index in [1.165, 1.54) is 0 Å². The van der Waals surface area contributed by atoms with Crippen molar-refractivity contribution < 1.29 is 0 Å². The highest BCUT2D eigenvalue weighted by Gasteiger charge is 2.16. The van der Waals surface area contributed by atoms with Crippen LogP contribution in [-0.2, 0) is 0 Å². The second-order valence-corrected chi connectivity index (χ2v) is 5.57. The summed E-state index contributed by atoms with van der Waals surface area (Å²) in [7, 11) is 0. The first-order valence-electron chi connectivity index (χ1n) is 7.48. The lowest BCUT2D eigenvalue weighted by molar-refractivity contribution is 0.868. The number of aromatic nitrogens is 3. The Morgan fingerprint density at radius 2 is 1.78 bits per heavy atom. The Morgan fingerprint density at radius 1 is 1.04 bits per heavy atom. The van der Waals surface area contributed by atoms with E-state index in [0.29, 0.717) is 11.6 Å². The number of nitrogens with two attached hydrogens (primary N) is 1. The molecule has 0 unspecified atom stereocenters. The van der Waals surface area contributed by atoms with Gasteiger partial charge in [-0.05, 0) is 42.8 Å². The fourth-order valence-corrected chi connectivity index (χ4v) is 2.53. The van der Waals surface area contributed by atoms with Gasteiger partial charge in [0.15, 0.2) is 5.82 Å². The second kappa shape index (κ2) is 7.26. The van der Waals surface area contributed by atoms with Gasteiger partial charge < -0.3 is 11.1 Å². The first kappa shape index (κ1) is 15.5. The molecule has 1 aromatic carbocycles. The van der Waals surface area contributed by atoms with Crippen LogP contribution in [-0.4, -0.2) is 28.3 Å². The van der Waals surface area contributed by atoms with Crippen molar-refractivity contribution in [3.8, 4) is 22.4 Å². The fourth-order valence-electron chi connectivity index (χ4n) is 2.40. The molecule has 2 aromatic heterocycles. The second-order valence-electron chi connectivity index (χ2n) is 5.13. The molecular formula is C17H18ClN5. The number of benzene rings is 1. The fraction of sp³-hybridized carbons (Fsp3) is 0.176. The number of aromatic amines is 1. The molecule has 0 spiro atoms. The van der Waals surface area contributed by atoms with Gasteiger partial charge in [-0.1, -0.05) is 23.7 Å². The molecule has 0 radical (unpaired) electrons. The molecular weight excluding hydrogens is 310 g/mol. The first-order chi connectivity index (χ1) is 11.3. The van der Waals surface area contributed by atoms with Crippen LogP contribution < -0.4 is 11.1 Å². The quantitative estimate of drug-likeness (QED) is 0.605. The number of halogens is 1. The van der Waals surface area contributed by atoms with Crippen LogP contribution in [0, 0.1) is 0 Å². The number of rotatable bonds is 6. The highest BCUT2D eigenvalue weighted by Crippen LogP contribution is 2.36. The third kappa shape index (κ3) is 3.52. The number of H-pyrrole nitrogens is 1. The van der Waals surface area contributed by atoms with Crippen LogP contribution in [0.3, 0.4) is 0 Å². The van der Waals surface area contributed by atoms with Gasteiger partial charge in [-0.2, -0.15) is 5.10 Å². The van der Waals surface area contributed by atoms with Crippen molar-refractivity contribution in [1.29, 1.82) is 0 Å². The van der Waals surface area contributed by atoms with E-state index in [9.17, 15) is 0 Å². The van der Waals surface area contributed by atoms with Crippen molar-refractivity contribution in [2.24, 2.45) is 5.73 Å². The highest BCUT2D eigenvalue weighted by molar-refractivity contribution is 6.30. The largest absolute Gasteiger partial charge is 0.368 e. The van der Waals surface area contributed by atoms with E-state index >= 15 is 0 Å². The molecule has 23 heavy (non-hydrogen) atoms. The van der Waals surface area contributed by atoms with Gasteiger partial charge in [-0.25, -0.2) is 0 Å². The van der Waals surface area contributed by atoms with Gasteiger partial charge in [0.25, 0.3) is 0 Å². The maximum absolute atomic E-state index is 5.99. The molecule has 0 saturated heterocycles. The molecule has 0 aliphatic heterocycles. The number of anilines is 1. The summed E-state index contributed by atoms with van der Waals surface area (Å²) in [6.07, 6.45) is 4.44. The number of hydrogen-bond acceptors (Lipinski definition) is 4. The minimum Gasteiger partial charge on any atom is -0.368 e. The molecule has 0 atom stereocenters. The summed E-state index contributed by atoms with van der Waals surface area (Å²) in [5, 5.41) is 11.6. The van der Waals surface area contributed by atoms with E-state index in [1.54, 1.807) is 12.4 Å². The van der Waals surface area contributed by atoms with Gasteiger partial charge in [0.1, 0.15) is 0 Å². The number of nitrogens with one attached hydrogen (secondary N) is 2. The predicted octanol–water partition coefficient (Wildman–Crippen LogP) is 3.55. The summed E-state index contributed by atoms with van der Waals surface area (Å²) in [5.74, 6) is 0.814. The van der Waals surface area contributed by atoms with Crippen LogP contribution >= 0.6 is 11.6 Å². The summed E-state index contributed by atoms with van der Waals surface area (Å²) in [4.78, 5) is 4.09. The van der Waals surface area contributed by atoms with Gasteiger partial charge >= 0.3 is 0 Å². The van der Waals surface area contributed by atoms with Gasteiger partial charge in [-0.15, -0.1) is 0 Å². The topological polar surface area (TPSA) is 79.6 Å². The summed E-state index contributed by atoms with van der Waals surface area (Å²) in [6.45, 7) is 1.42. The molecule has 0 fully saturated rings. The van der Waals surface area contributed by atoms with E-state index < -0.39 is 0 Å². The van der Waals surface area contributed by atoms with Gasteiger partial charge in [0.05, 0.1) is 11.3 Å². The van der Waals surface area contributed by atoms with Crippen molar-refractivity contribution in [2.75, 3.05) is 18.4 Å². The zero-order valence-electron chi connectivity index (χ0n) is 12.6. The highest BCUT2D eigenvalue weighted by atomic mass is 35.5. The SMILES string of the molecule is NCCCNc1n[nH]c(-c2ccc(Cl)cc2)c1-c1ccncc1. The van der Waals surface area contributed by atoms with E-state index in [4.69, 9.17) is 17.3 Å². The Balaban J connectivity index is 2.04. The zero-order valence-corrected chi connectivity index (χ0v) is 13.3. The monoisotopic (exact) mass is 327 g/mol. The van der Waals surface area contributed by atoms with Crippen LogP contribution in [0.1, 0.15) is 6.42 Å². The molecule has 5 nitrogen and oxygen atoms in total. The molecule has 0 aliphatic carbocycles. The number of pyridine rings is 1.